The Morgan fingerprint density at radius 1 is 1.42 bits per heavy atom. The molecule has 0 spiro atoms. The summed E-state index contributed by atoms with van der Waals surface area (Å²) in [6.07, 6.45) is 0.487. The first-order valence-corrected chi connectivity index (χ1v) is 5.02. The summed E-state index contributed by atoms with van der Waals surface area (Å²) in [6, 6.07) is 0. The average molecular weight is 190 g/mol. The number of hydrogen-bond acceptors (Lipinski definition) is 1. The Labute approximate surface area is 78.9 Å². The third-order valence-electron chi connectivity index (χ3n) is 2.65. The summed E-state index contributed by atoms with van der Waals surface area (Å²) < 4.78 is 0. The van der Waals surface area contributed by atoms with E-state index >= 15 is 0 Å². The van der Waals surface area contributed by atoms with Crippen molar-refractivity contribution in [2.45, 2.75) is 20.3 Å². The van der Waals surface area contributed by atoms with Gasteiger partial charge in [-0.05, 0) is 11.8 Å². The predicted molar refractivity (Wildman–Crippen MR) is 50.2 cm³/mol. The van der Waals surface area contributed by atoms with Crippen LogP contribution >= 0.6 is 11.6 Å². The first-order valence-electron chi connectivity index (χ1n) is 4.49. The second-order valence-electron chi connectivity index (χ2n) is 3.69. The molecular weight excluding hydrogens is 174 g/mol. The highest BCUT2D eigenvalue weighted by Crippen LogP contribution is 2.22. The van der Waals surface area contributed by atoms with Gasteiger partial charge >= 0.3 is 0 Å². The quantitative estimate of drug-likeness (QED) is 0.606. The monoisotopic (exact) mass is 189 g/mol. The lowest BCUT2D eigenvalue weighted by atomic mass is 10.0. The molecule has 0 radical (unpaired) electrons. The molecule has 2 atom stereocenters. The maximum absolute atomic E-state index is 11.4. The van der Waals surface area contributed by atoms with Crippen molar-refractivity contribution in [1.29, 1.82) is 0 Å². The van der Waals surface area contributed by atoms with E-state index in [1.165, 1.54) is 0 Å². The number of hydrogen-bond donors (Lipinski definition) is 0. The molecule has 1 rings (SSSR count). The van der Waals surface area contributed by atoms with Crippen LogP contribution < -0.4 is 0 Å². The lowest BCUT2D eigenvalue weighted by Crippen LogP contribution is -2.28. The Balaban J connectivity index is 2.40. The fourth-order valence-electron chi connectivity index (χ4n) is 1.57. The molecule has 3 heteroatoms. The molecule has 2 nitrogen and oxygen atoms in total. The highest BCUT2D eigenvalue weighted by Gasteiger charge is 2.28. The molecule has 1 fully saturated rings. The Morgan fingerprint density at radius 2 is 1.92 bits per heavy atom. The van der Waals surface area contributed by atoms with Crippen LogP contribution in [0, 0.1) is 11.8 Å². The minimum absolute atomic E-state index is 0.209. The third kappa shape index (κ3) is 2.13. The van der Waals surface area contributed by atoms with E-state index in [0.717, 1.165) is 13.1 Å². The van der Waals surface area contributed by atoms with Gasteiger partial charge in [-0.25, -0.2) is 0 Å². The van der Waals surface area contributed by atoms with Gasteiger partial charge in [0.1, 0.15) is 0 Å². The topological polar surface area (TPSA) is 20.3 Å². The van der Waals surface area contributed by atoms with Gasteiger partial charge in [0.05, 0.1) is 0 Å². The van der Waals surface area contributed by atoms with E-state index in [1.54, 1.807) is 0 Å². The van der Waals surface area contributed by atoms with Crippen molar-refractivity contribution in [2.24, 2.45) is 11.8 Å². The number of rotatable bonds is 2. The molecule has 1 amide bonds. The van der Waals surface area contributed by atoms with Crippen molar-refractivity contribution in [2.75, 3.05) is 19.0 Å². The number of nitrogens with zero attached hydrogens (tertiary/aromatic N) is 1. The molecular formula is C9H16ClNO. The van der Waals surface area contributed by atoms with Gasteiger partial charge in [0.15, 0.2) is 0 Å². The summed E-state index contributed by atoms with van der Waals surface area (Å²) in [5.74, 6) is 1.94. The fourth-order valence-corrected chi connectivity index (χ4v) is 1.73. The smallest absolute Gasteiger partial charge is 0.223 e. The van der Waals surface area contributed by atoms with E-state index in [2.05, 4.69) is 13.8 Å². The number of alkyl halides is 1. The van der Waals surface area contributed by atoms with Gasteiger partial charge in [-0.15, -0.1) is 11.6 Å². The van der Waals surface area contributed by atoms with Crippen molar-refractivity contribution in [3.63, 3.8) is 0 Å². The van der Waals surface area contributed by atoms with Crippen LogP contribution in [0.4, 0.5) is 0 Å². The van der Waals surface area contributed by atoms with Crippen LogP contribution in [-0.4, -0.2) is 29.8 Å². The molecule has 0 aromatic carbocycles. The summed E-state index contributed by atoms with van der Waals surface area (Å²) in [6.45, 7) is 6.21. The maximum atomic E-state index is 11.4. The molecule has 70 valence electrons. The average Bonchev–Trinajstić information content (AvgIpc) is 2.33. The molecule has 0 saturated carbocycles. The van der Waals surface area contributed by atoms with Gasteiger partial charge in [0, 0.05) is 25.4 Å². The molecule has 1 aliphatic heterocycles. The van der Waals surface area contributed by atoms with Crippen molar-refractivity contribution in [3.05, 3.63) is 0 Å². The number of amides is 1. The van der Waals surface area contributed by atoms with E-state index in [9.17, 15) is 4.79 Å². The largest absolute Gasteiger partial charge is 0.342 e. The first-order chi connectivity index (χ1) is 5.65. The van der Waals surface area contributed by atoms with E-state index in [-0.39, 0.29) is 5.91 Å². The summed E-state index contributed by atoms with van der Waals surface area (Å²) in [7, 11) is 0. The zero-order valence-corrected chi connectivity index (χ0v) is 8.47. The van der Waals surface area contributed by atoms with Crippen molar-refractivity contribution < 1.29 is 4.79 Å². The molecule has 0 bridgehead atoms. The van der Waals surface area contributed by atoms with E-state index in [4.69, 9.17) is 11.6 Å². The highest BCUT2D eigenvalue weighted by atomic mass is 35.5. The molecule has 1 aliphatic rings. The van der Waals surface area contributed by atoms with Gasteiger partial charge in [0.2, 0.25) is 5.91 Å². The van der Waals surface area contributed by atoms with Gasteiger partial charge in [-0.2, -0.15) is 0 Å². The maximum Gasteiger partial charge on any atom is 0.223 e. The second-order valence-corrected chi connectivity index (χ2v) is 4.07. The SMILES string of the molecule is CC1CN(C(=O)CCCl)CC1C. The summed E-state index contributed by atoms with van der Waals surface area (Å²) >= 11 is 5.50. The van der Waals surface area contributed by atoms with Crippen LogP contribution in [0.1, 0.15) is 20.3 Å². The lowest BCUT2D eigenvalue weighted by Gasteiger charge is -2.14. The molecule has 0 aliphatic carbocycles. The molecule has 1 saturated heterocycles. The van der Waals surface area contributed by atoms with Crippen molar-refractivity contribution in [3.8, 4) is 0 Å². The van der Waals surface area contributed by atoms with Crippen molar-refractivity contribution in [1.82, 2.24) is 4.90 Å². The number of carbonyl (C=O) groups is 1. The number of carbonyl (C=O) groups excluding carboxylic acids is 1. The zero-order chi connectivity index (χ0) is 9.14. The molecule has 0 aromatic rings. The van der Waals surface area contributed by atoms with Gasteiger partial charge < -0.3 is 4.90 Å². The van der Waals surface area contributed by atoms with Gasteiger partial charge in [0.25, 0.3) is 0 Å². The molecule has 1 heterocycles. The normalized spacial score (nSPS) is 29.4. The summed E-state index contributed by atoms with van der Waals surface area (Å²) in [4.78, 5) is 13.3. The van der Waals surface area contributed by atoms with Gasteiger partial charge in [-0.1, -0.05) is 13.8 Å². The molecule has 12 heavy (non-hydrogen) atoms. The Hall–Kier alpha value is -0.240. The fraction of sp³-hybridized carbons (Fsp3) is 0.889. The molecule has 2 unspecified atom stereocenters. The minimum atomic E-state index is 0.209. The molecule has 0 aromatic heterocycles. The highest BCUT2D eigenvalue weighted by molar-refractivity contribution is 6.18. The van der Waals surface area contributed by atoms with Crippen LogP contribution in [0.2, 0.25) is 0 Å². The van der Waals surface area contributed by atoms with E-state index in [1.807, 2.05) is 4.90 Å². The van der Waals surface area contributed by atoms with Crippen LogP contribution in [0.5, 0.6) is 0 Å². The van der Waals surface area contributed by atoms with Crippen LogP contribution in [0.3, 0.4) is 0 Å². The Morgan fingerprint density at radius 3 is 2.33 bits per heavy atom. The Kier molecular flexibility index (Phi) is 3.39. The minimum Gasteiger partial charge on any atom is -0.342 e. The lowest BCUT2D eigenvalue weighted by molar-refractivity contribution is -0.129. The predicted octanol–water partition coefficient (Wildman–Crippen LogP) is 1.73. The molecule has 0 N–H and O–H groups in total. The van der Waals surface area contributed by atoms with Crippen LogP contribution in [0.25, 0.3) is 0 Å². The standard InChI is InChI=1S/C9H16ClNO/c1-7-5-11(6-8(7)2)9(12)3-4-10/h7-8H,3-6H2,1-2H3. The third-order valence-corrected chi connectivity index (χ3v) is 2.84. The summed E-state index contributed by atoms with van der Waals surface area (Å²) in [5.41, 5.74) is 0. The van der Waals surface area contributed by atoms with E-state index < -0.39 is 0 Å². The number of halogens is 1. The van der Waals surface area contributed by atoms with E-state index in [0.29, 0.717) is 24.1 Å². The number of likely N-dealkylation sites (tertiary alicyclic amines) is 1. The van der Waals surface area contributed by atoms with Gasteiger partial charge in [-0.3, -0.25) is 4.79 Å². The second kappa shape index (κ2) is 4.13. The Bertz CT molecular complexity index is 162. The van der Waals surface area contributed by atoms with Crippen molar-refractivity contribution >= 4 is 17.5 Å². The first kappa shape index (κ1) is 9.85. The summed E-state index contributed by atoms with van der Waals surface area (Å²) in [5, 5.41) is 0. The van der Waals surface area contributed by atoms with Crippen LogP contribution in [-0.2, 0) is 4.79 Å². The zero-order valence-electron chi connectivity index (χ0n) is 7.72. The van der Waals surface area contributed by atoms with Crippen LogP contribution in [0.15, 0.2) is 0 Å².